The van der Waals surface area contributed by atoms with Gasteiger partial charge in [0.05, 0.1) is 5.75 Å². The lowest BCUT2D eigenvalue weighted by Crippen LogP contribution is -2.41. The molecule has 1 aliphatic heterocycles. The molecule has 27 heavy (non-hydrogen) atoms. The number of hydrogen-bond acceptors (Lipinski definition) is 5. The van der Waals surface area contributed by atoms with Crippen LogP contribution in [0.4, 0.5) is 10.2 Å². The standard InChI is InChI=1S/C17H21FN4O4S/c1-20-15(9-16(23)21(2)17(20)24)22-8-7-13(10-22)19-27(25,26)11-12-5-3-4-6-14(12)18/h3-6,9,13,19H,7-8,10-11H2,1-2H3/t13-/m0/s1. The summed E-state index contributed by atoms with van der Waals surface area (Å²) in [5.41, 5.74) is -0.758. The SMILES string of the molecule is Cn1c(N2CC[C@H](NS(=O)(=O)Cc3ccccc3F)C2)cc(=O)n(C)c1=O. The molecule has 8 nitrogen and oxygen atoms in total. The molecule has 1 fully saturated rings. The number of benzene rings is 1. The molecule has 1 aromatic carbocycles. The molecule has 2 aromatic rings. The summed E-state index contributed by atoms with van der Waals surface area (Å²) in [6, 6.07) is 6.71. The zero-order valence-corrected chi connectivity index (χ0v) is 15.9. The molecule has 0 radical (unpaired) electrons. The molecule has 0 saturated carbocycles. The zero-order chi connectivity index (χ0) is 19.8. The second kappa shape index (κ2) is 7.28. The van der Waals surface area contributed by atoms with Gasteiger partial charge in [0.25, 0.3) is 5.56 Å². The molecule has 1 atom stereocenters. The molecule has 0 bridgehead atoms. The molecule has 2 heterocycles. The highest BCUT2D eigenvalue weighted by Crippen LogP contribution is 2.19. The first kappa shape index (κ1) is 19.3. The van der Waals surface area contributed by atoms with E-state index in [1.165, 1.54) is 35.9 Å². The molecule has 1 N–H and O–H groups in total. The van der Waals surface area contributed by atoms with Gasteiger partial charge >= 0.3 is 5.69 Å². The predicted octanol–water partition coefficient (Wildman–Crippen LogP) is -0.0786. The van der Waals surface area contributed by atoms with E-state index < -0.39 is 32.8 Å². The Labute approximate surface area is 155 Å². The Morgan fingerprint density at radius 2 is 1.89 bits per heavy atom. The van der Waals surface area contributed by atoms with E-state index in [2.05, 4.69) is 4.72 Å². The molecule has 3 rings (SSSR count). The van der Waals surface area contributed by atoms with E-state index in [9.17, 15) is 22.4 Å². The van der Waals surface area contributed by atoms with E-state index in [1.54, 1.807) is 18.0 Å². The summed E-state index contributed by atoms with van der Waals surface area (Å²) in [4.78, 5) is 25.7. The molecule has 0 aliphatic carbocycles. The molecule has 1 saturated heterocycles. The van der Waals surface area contributed by atoms with Gasteiger partial charge in [0.15, 0.2) is 0 Å². The van der Waals surface area contributed by atoms with E-state index in [1.807, 2.05) is 0 Å². The van der Waals surface area contributed by atoms with Crippen LogP contribution in [0.15, 0.2) is 39.9 Å². The lowest BCUT2D eigenvalue weighted by atomic mass is 10.2. The van der Waals surface area contributed by atoms with Crippen molar-refractivity contribution in [2.75, 3.05) is 18.0 Å². The minimum Gasteiger partial charge on any atom is -0.356 e. The van der Waals surface area contributed by atoms with E-state index in [4.69, 9.17) is 0 Å². The molecule has 1 aliphatic rings. The van der Waals surface area contributed by atoms with Gasteiger partial charge in [-0.05, 0) is 12.5 Å². The first-order valence-electron chi connectivity index (χ1n) is 8.43. The number of sulfonamides is 1. The van der Waals surface area contributed by atoms with Crippen LogP contribution in [-0.2, 0) is 29.9 Å². The molecule has 0 spiro atoms. The number of hydrogen-bond donors (Lipinski definition) is 1. The van der Waals surface area contributed by atoms with Crippen molar-refractivity contribution in [1.29, 1.82) is 0 Å². The van der Waals surface area contributed by atoms with Crippen LogP contribution < -0.4 is 20.9 Å². The monoisotopic (exact) mass is 396 g/mol. The van der Waals surface area contributed by atoms with E-state index >= 15 is 0 Å². The van der Waals surface area contributed by atoms with Gasteiger partial charge in [-0.3, -0.25) is 13.9 Å². The van der Waals surface area contributed by atoms with Gasteiger partial charge in [-0.1, -0.05) is 18.2 Å². The molecule has 0 unspecified atom stereocenters. The fourth-order valence-electron chi connectivity index (χ4n) is 3.21. The second-order valence-electron chi connectivity index (χ2n) is 6.64. The van der Waals surface area contributed by atoms with Crippen molar-refractivity contribution in [2.24, 2.45) is 14.1 Å². The van der Waals surface area contributed by atoms with Crippen molar-refractivity contribution < 1.29 is 12.8 Å². The Hall–Kier alpha value is -2.46. The zero-order valence-electron chi connectivity index (χ0n) is 15.1. The predicted molar refractivity (Wildman–Crippen MR) is 99.7 cm³/mol. The Morgan fingerprint density at radius 1 is 1.19 bits per heavy atom. The first-order valence-corrected chi connectivity index (χ1v) is 10.1. The van der Waals surface area contributed by atoms with Crippen molar-refractivity contribution in [3.05, 3.63) is 62.6 Å². The summed E-state index contributed by atoms with van der Waals surface area (Å²) in [6.07, 6.45) is 0.514. The number of halogens is 1. The maximum atomic E-state index is 13.7. The van der Waals surface area contributed by atoms with Gasteiger partial charge in [0.2, 0.25) is 10.0 Å². The fraction of sp³-hybridized carbons (Fsp3) is 0.412. The molecular weight excluding hydrogens is 375 g/mol. The lowest BCUT2D eigenvalue weighted by Gasteiger charge is -2.21. The Morgan fingerprint density at radius 3 is 2.59 bits per heavy atom. The van der Waals surface area contributed by atoms with Crippen LogP contribution in [0, 0.1) is 5.82 Å². The summed E-state index contributed by atoms with van der Waals surface area (Å²) in [6.45, 7) is 0.810. The average Bonchev–Trinajstić information content (AvgIpc) is 3.05. The van der Waals surface area contributed by atoms with Crippen molar-refractivity contribution in [2.45, 2.75) is 18.2 Å². The molecule has 1 aromatic heterocycles. The van der Waals surface area contributed by atoms with Crippen LogP contribution >= 0.6 is 0 Å². The van der Waals surface area contributed by atoms with Crippen molar-refractivity contribution >= 4 is 15.8 Å². The minimum atomic E-state index is -3.73. The fourth-order valence-corrected chi connectivity index (χ4v) is 4.63. The lowest BCUT2D eigenvalue weighted by molar-refractivity contribution is 0.556. The second-order valence-corrected chi connectivity index (χ2v) is 8.40. The van der Waals surface area contributed by atoms with Gasteiger partial charge in [-0.2, -0.15) is 0 Å². The Bertz CT molecular complexity index is 1080. The van der Waals surface area contributed by atoms with Crippen molar-refractivity contribution in [1.82, 2.24) is 13.9 Å². The van der Waals surface area contributed by atoms with Gasteiger partial charge in [0.1, 0.15) is 11.6 Å². The van der Waals surface area contributed by atoms with Crippen LogP contribution in [0.2, 0.25) is 0 Å². The largest absolute Gasteiger partial charge is 0.356 e. The van der Waals surface area contributed by atoms with E-state index in [-0.39, 0.29) is 11.6 Å². The normalized spacial score (nSPS) is 17.4. The number of nitrogens with one attached hydrogen (secondary N) is 1. The Kier molecular flexibility index (Phi) is 5.20. The summed E-state index contributed by atoms with van der Waals surface area (Å²) >= 11 is 0. The molecule has 10 heteroatoms. The van der Waals surface area contributed by atoms with Crippen LogP contribution in [0.1, 0.15) is 12.0 Å². The van der Waals surface area contributed by atoms with Gasteiger partial charge < -0.3 is 4.90 Å². The van der Waals surface area contributed by atoms with Crippen LogP contribution in [-0.4, -0.2) is 36.7 Å². The van der Waals surface area contributed by atoms with Crippen LogP contribution in [0.25, 0.3) is 0 Å². The van der Waals surface area contributed by atoms with Crippen LogP contribution in [0.3, 0.4) is 0 Å². The average molecular weight is 396 g/mol. The third kappa shape index (κ3) is 4.11. The smallest absolute Gasteiger partial charge is 0.332 e. The van der Waals surface area contributed by atoms with Gasteiger partial charge in [0, 0.05) is 44.9 Å². The van der Waals surface area contributed by atoms with E-state index in [0.29, 0.717) is 25.3 Å². The summed E-state index contributed by atoms with van der Waals surface area (Å²) in [5.74, 6) is -0.564. The summed E-state index contributed by atoms with van der Waals surface area (Å²) < 4.78 is 43.4. The van der Waals surface area contributed by atoms with Crippen molar-refractivity contribution in [3.63, 3.8) is 0 Å². The van der Waals surface area contributed by atoms with E-state index in [0.717, 1.165) is 4.57 Å². The third-order valence-electron chi connectivity index (χ3n) is 4.66. The minimum absolute atomic E-state index is 0.105. The third-order valence-corrected chi connectivity index (χ3v) is 6.05. The highest BCUT2D eigenvalue weighted by atomic mass is 32.2. The Balaban J connectivity index is 1.73. The molecule has 146 valence electrons. The van der Waals surface area contributed by atoms with Crippen molar-refractivity contribution in [3.8, 4) is 0 Å². The number of aromatic nitrogens is 2. The molecular formula is C17H21FN4O4S. The first-order chi connectivity index (χ1) is 12.7. The quantitative estimate of drug-likeness (QED) is 0.763. The maximum Gasteiger partial charge on any atom is 0.332 e. The van der Waals surface area contributed by atoms with Gasteiger partial charge in [-0.25, -0.2) is 22.3 Å². The maximum absolute atomic E-state index is 13.7. The number of anilines is 1. The van der Waals surface area contributed by atoms with Gasteiger partial charge in [-0.15, -0.1) is 0 Å². The summed E-state index contributed by atoms with van der Waals surface area (Å²) in [5, 5.41) is 0. The number of nitrogens with zero attached hydrogens (tertiary/aromatic N) is 3. The topological polar surface area (TPSA) is 93.4 Å². The van der Waals surface area contributed by atoms with Crippen LogP contribution in [0.5, 0.6) is 0 Å². The highest BCUT2D eigenvalue weighted by molar-refractivity contribution is 7.88. The number of rotatable bonds is 5. The summed E-state index contributed by atoms with van der Waals surface area (Å²) in [7, 11) is -0.767. The molecule has 0 amide bonds. The highest BCUT2D eigenvalue weighted by Gasteiger charge is 2.28.